The summed E-state index contributed by atoms with van der Waals surface area (Å²) in [5, 5.41) is 1.38. The minimum atomic E-state index is 0.290. The highest BCUT2D eigenvalue weighted by Crippen LogP contribution is 2.65. The molecule has 6 rings (SSSR count). The largest absolute Gasteiger partial charge is 0.136 e. The van der Waals surface area contributed by atoms with Crippen LogP contribution in [0.15, 0.2) is 72.8 Å². The Bertz CT molecular complexity index is 1110. The Balaban J connectivity index is 1.44. The second-order valence-electron chi connectivity index (χ2n) is 9.53. The van der Waals surface area contributed by atoms with Gasteiger partial charge < -0.3 is 0 Å². The van der Waals surface area contributed by atoms with Crippen molar-refractivity contribution >= 4 is 27.0 Å². The Morgan fingerprint density at radius 3 is 2.76 bits per heavy atom. The van der Waals surface area contributed by atoms with E-state index >= 15 is 0 Å². The van der Waals surface area contributed by atoms with Crippen LogP contribution in [0.25, 0.3) is 15.7 Å². The maximum Gasteiger partial charge on any atom is 0.0349 e. The molecule has 0 N–H and O–H groups in total. The minimum absolute atomic E-state index is 0.290. The zero-order chi connectivity index (χ0) is 19.6. The summed E-state index contributed by atoms with van der Waals surface area (Å²) in [6.45, 7) is 6.82. The summed E-state index contributed by atoms with van der Waals surface area (Å²) in [5.74, 6) is 2.32. The second-order valence-corrected chi connectivity index (χ2v) is 10.6. The lowest BCUT2D eigenvalue weighted by molar-refractivity contribution is 0.0882. The van der Waals surface area contributed by atoms with Crippen molar-refractivity contribution in [3.63, 3.8) is 0 Å². The molecule has 0 aliphatic heterocycles. The molecular weight excluding hydrogens is 368 g/mol. The van der Waals surface area contributed by atoms with Gasteiger partial charge in [-0.2, -0.15) is 0 Å². The van der Waals surface area contributed by atoms with E-state index in [4.69, 9.17) is 0 Å². The fourth-order valence-corrected chi connectivity index (χ4v) is 8.25. The lowest BCUT2D eigenvalue weighted by atomic mass is 9.54. The lowest BCUT2D eigenvalue weighted by Gasteiger charge is -2.50. The molecular formula is C28H28S. The summed E-state index contributed by atoms with van der Waals surface area (Å²) in [5.41, 5.74) is 6.69. The van der Waals surface area contributed by atoms with E-state index in [1.165, 1.54) is 52.6 Å². The number of thiophene rings is 1. The van der Waals surface area contributed by atoms with Crippen molar-refractivity contribution in [3.8, 4) is 0 Å². The second kappa shape index (κ2) is 6.44. The lowest BCUT2D eigenvalue weighted by Crippen LogP contribution is -2.40. The zero-order valence-corrected chi connectivity index (χ0v) is 18.0. The van der Waals surface area contributed by atoms with Gasteiger partial charge in [0.1, 0.15) is 0 Å². The smallest absolute Gasteiger partial charge is 0.0349 e. The van der Waals surface area contributed by atoms with E-state index in [9.17, 15) is 0 Å². The number of hydrogen-bond donors (Lipinski definition) is 0. The first-order valence-electron chi connectivity index (χ1n) is 11.1. The number of aryl methyl sites for hydroxylation is 1. The quantitative estimate of drug-likeness (QED) is 0.411. The van der Waals surface area contributed by atoms with E-state index in [0.29, 0.717) is 0 Å². The Morgan fingerprint density at radius 2 is 1.90 bits per heavy atom. The van der Waals surface area contributed by atoms with Crippen LogP contribution >= 0.6 is 11.3 Å². The Kier molecular flexibility index (Phi) is 3.93. The maximum absolute atomic E-state index is 4.25. The highest BCUT2D eigenvalue weighted by Gasteiger charge is 2.53. The zero-order valence-electron chi connectivity index (χ0n) is 17.2. The first-order valence-corrected chi connectivity index (χ1v) is 11.9. The van der Waals surface area contributed by atoms with Crippen LogP contribution in [0.1, 0.15) is 54.5 Å². The first-order chi connectivity index (χ1) is 14.2. The summed E-state index contributed by atoms with van der Waals surface area (Å²) in [6.07, 6.45) is 8.63. The number of allylic oxidation sites excluding steroid dienone is 3. The number of benzene rings is 2. The number of rotatable bonds is 2. The van der Waals surface area contributed by atoms with Crippen LogP contribution in [0, 0.1) is 17.3 Å². The van der Waals surface area contributed by atoms with E-state index in [2.05, 4.69) is 74.2 Å². The van der Waals surface area contributed by atoms with Gasteiger partial charge in [0.05, 0.1) is 0 Å². The molecule has 0 radical (unpaired) electrons. The Morgan fingerprint density at radius 1 is 1.07 bits per heavy atom. The highest BCUT2D eigenvalue weighted by molar-refractivity contribution is 7.20. The van der Waals surface area contributed by atoms with Gasteiger partial charge >= 0.3 is 0 Å². The van der Waals surface area contributed by atoms with Crippen LogP contribution < -0.4 is 0 Å². The van der Waals surface area contributed by atoms with Gasteiger partial charge in [0.2, 0.25) is 0 Å². The van der Waals surface area contributed by atoms with Crippen molar-refractivity contribution in [3.05, 3.63) is 88.8 Å². The fourth-order valence-electron chi connectivity index (χ4n) is 6.96. The van der Waals surface area contributed by atoms with Crippen LogP contribution in [-0.4, -0.2) is 0 Å². The van der Waals surface area contributed by atoms with Crippen molar-refractivity contribution in [2.45, 2.75) is 44.9 Å². The molecule has 1 heteroatoms. The molecule has 3 aliphatic carbocycles. The molecule has 1 heterocycles. The van der Waals surface area contributed by atoms with E-state index < -0.39 is 0 Å². The van der Waals surface area contributed by atoms with Gasteiger partial charge in [0.15, 0.2) is 0 Å². The molecule has 0 unspecified atom stereocenters. The maximum atomic E-state index is 4.25. The fraction of sp³-hybridized carbons (Fsp3) is 0.357. The van der Waals surface area contributed by atoms with Crippen molar-refractivity contribution in [2.24, 2.45) is 17.3 Å². The number of fused-ring (bicyclic) bond motifs is 6. The van der Waals surface area contributed by atoms with Gasteiger partial charge in [-0.3, -0.25) is 0 Å². The van der Waals surface area contributed by atoms with Gasteiger partial charge in [0.25, 0.3) is 0 Å². The Labute approximate surface area is 178 Å². The molecule has 146 valence electrons. The van der Waals surface area contributed by atoms with E-state index in [0.717, 1.165) is 17.8 Å². The molecule has 1 saturated carbocycles. The molecule has 0 bridgehead atoms. The predicted molar refractivity (Wildman–Crippen MR) is 125 cm³/mol. The van der Waals surface area contributed by atoms with Crippen molar-refractivity contribution in [2.75, 3.05) is 0 Å². The van der Waals surface area contributed by atoms with E-state index in [1.54, 1.807) is 16.7 Å². The molecule has 0 saturated heterocycles. The third kappa shape index (κ3) is 2.50. The van der Waals surface area contributed by atoms with Gasteiger partial charge in [0, 0.05) is 9.58 Å². The minimum Gasteiger partial charge on any atom is -0.136 e. The summed E-state index contributed by atoms with van der Waals surface area (Å²) in [4.78, 5) is 1.49. The molecule has 3 aromatic rings. The Hall–Kier alpha value is -2.12. The van der Waals surface area contributed by atoms with Crippen molar-refractivity contribution < 1.29 is 0 Å². The van der Waals surface area contributed by atoms with Gasteiger partial charge in [-0.05, 0) is 95.1 Å². The molecule has 1 aromatic heterocycles. The average Bonchev–Trinajstić information content (AvgIpc) is 3.30. The van der Waals surface area contributed by atoms with Gasteiger partial charge in [-0.25, -0.2) is 0 Å². The molecule has 2 aromatic carbocycles. The van der Waals surface area contributed by atoms with E-state index in [1.807, 2.05) is 11.3 Å². The summed E-state index contributed by atoms with van der Waals surface area (Å²) < 4.78 is 1.41. The van der Waals surface area contributed by atoms with Crippen LogP contribution in [0.5, 0.6) is 0 Å². The topological polar surface area (TPSA) is 0 Å². The standard InChI is InChI=1S/C28H28S/c1-3-18-16-24-23-13-12-19-8-4-6-10-21(19)22(23)14-15-28(24,2)27(18)26-17-20-9-5-7-11-25(20)29-26/h3-11,17,22-24H,1,12-16H2,2H3/t22-,23-,24+,28+/m1/s1. The highest BCUT2D eigenvalue weighted by atomic mass is 32.1. The van der Waals surface area contributed by atoms with Gasteiger partial charge in [-0.15, -0.1) is 11.3 Å². The predicted octanol–water partition coefficient (Wildman–Crippen LogP) is 8.01. The SMILES string of the molecule is C=CC1=C(c2cc3ccccc3s2)[C@@]2(C)CC[C@@H]3c4ccccc4CC[C@H]3[C@@H]2C1. The molecule has 0 amide bonds. The molecule has 1 fully saturated rings. The third-order valence-corrected chi connectivity index (χ3v) is 9.41. The van der Waals surface area contributed by atoms with Crippen LogP contribution in [-0.2, 0) is 6.42 Å². The van der Waals surface area contributed by atoms with Crippen LogP contribution in [0.3, 0.4) is 0 Å². The monoisotopic (exact) mass is 396 g/mol. The molecule has 29 heavy (non-hydrogen) atoms. The van der Waals surface area contributed by atoms with Crippen LogP contribution in [0.2, 0.25) is 0 Å². The van der Waals surface area contributed by atoms with Crippen molar-refractivity contribution in [1.29, 1.82) is 0 Å². The first kappa shape index (κ1) is 17.7. The summed E-state index contributed by atoms with van der Waals surface area (Å²) >= 11 is 1.98. The average molecular weight is 397 g/mol. The van der Waals surface area contributed by atoms with Crippen LogP contribution in [0.4, 0.5) is 0 Å². The molecule has 3 aliphatic rings. The van der Waals surface area contributed by atoms with Crippen molar-refractivity contribution in [1.82, 2.24) is 0 Å². The molecule has 0 spiro atoms. The summed E-state index contributed by atoms with van der Waals surface area (Å²) in [6, 6.07) is 20.5. The molecule has 4 atom stereocenters. The van der Waals surface area contributed by atoms with Gasteiger partial charge in [-0.1, -0.05) is 62.0 Å². The normalized spacial score (nSPS) is 30.7. The summed E-state index contributed by atoms with van der Waals surface area (Å²) in [7, 11) is 0. The third-order valence-electron chi connectivity index (χ3n) is 8.28. The molecule has 0 nitrogen and oxygen atoms in total. The van der Waals surface area contributed by atoms with E-state index in [-0.39, 0.29) is 5.41 Å². The number of hydrogen-bond acceptors (Lipinski definition) is 1.